The van der Waals surface area contributed by atoms with Gasteiger partial charge in [0, 0.05) is 11.6 Å². The van der Waals surface area contributed by atoms with Gasteiger partial charge in [0.1, 0.15) is 23.1 Å². The molecule has 0 saturated carbocycles. The highest BCUT2D eigenvalue weighted by Gasteiger charge is 2.14. The van der Waals surface area contributed by atoms with Gasteiger partial charge in [-0.1, -0.05) is 0 Å². The Bertz CT molecular complexity index is 632. The van der Waals surface area contributed by atoms with Crippen LogP contribution >= 0.6 is 0 Å². The van der Waals surface area contributed by atoms with Crippen molar-refractivity contribution < 1.29 is 18.6 Å². The van der Waals surface area contributed by atoms with E-state index in [9.17, 15) is 13.9 Å². The number of benzene rings is 2. The van der Waals surface area contributed by atoms with Crippen LogP contribution in [-0.4, -0.2) is 11.7 Å². The molecule has 1 atom stereocenters. The maximum Gasteiger partial charge on any atom is 0.145 e. The topological polar surface area (TPSA) is 41.5 Å². The molecule has 0 aliphatic heterocycles. The molecule has 2 aromatic carbocycles. The molecule has 0 aromatic heterocycles. The highest BCUT2D eigenvalue weighted by Crippen LogP contribution is 2.32. The van der Waals surface area contributed by atoms with Crippen LogP contribution in [0.1, 0.15) is 25.5 Å². The standard InChI is InChI=1S/C16H17F2NO2/c1-3-21-16-9-12(18)4-6-14(16)19-10(2)13-8-11(17)5-7-15(13)20/h4-10,19-20H,3H2,1-2H3. The number of rotatable bonds is 5. The molecule has 0 bridgehead atoms. The second-order valence-electron chi connectivity index (χ2n) is 4.64. The third-order valence-corrected chi connectivity index (χ3v) is 3.07. The van der Waals surface area contributed by atoms with Crippen molar-refractivity contribution in [1.29, 1.82) is 0 Å². The third-order valence-electron chi connectivity index (χ3n) is 3.07. The average Bonchev–Trinajstić information content (AvgIpc) is 2.44. The van der Waals surface area contributed by atoms with Crippen LogP contribution in [0.25, 0.3) is 0 Å². The molecule has 1 unspecified atom stereocenters. The molecule has 0 fully saturated rings. The van der Waals surface area contributed by atoms with Gasteiger partial charge in [0.05, 0.1) is 18.3 Å². The fourth-order valence-electron chi connectivity index (χ4n) is 2.07. The lowest BCUT2D eigenvalue weighted by Crippen LogP contribution is -2.09. The zero-order chi connectivity index (χ0) is 15.4. The number of aromatic hydroxyl groups is 1. The molecule has 5 heteroatoms. The first-order valence-electron chi connectivity index (χ1n) is 6.68. The molecule has 0 amide bonds. The molecule has 3 nitrogen and oxygen atoms in total. The first kappa shape index (κ1) is 15.1. The van der Waals surface area contributed by atoms with Gasteiger partial charge in [0.15, 0.2) is 0 Å². The van der Waals surface area contributed by atoms with Crippen molar-refractivity contribution in [2.45, 2.75) is 19.9 Å². The van der Waals surface area contributed by atoms with Gasteiger partial charge in [-0.25, -0.2) is 8.78 Å². The van der Waals surface area contributed by atoms with Crippen LogP contribution in [-0.2, 0) is 0 Å². The highest BCUT2D eigenvalue weighted by atomic mass is 19.1. The van der Waals surface area contributed by atoms with Crippen molar-refractivity contribution in [3.8, 4) is 11.5 Å². The predicted molar refractivity (Wildman–Crippen MR) is 77.7 cm³/mol. The fraction of sp³-hybridized carbons (Fsp3) is 0.250. The molecule has 0 aliphatic rings. The highest BCUT2D eigenvalue weighted by molar-refractivity contribution is 5.58. The van der Waals surface area contributed by atoms with E-state index in [0.29, 0.717) is 23.6 Å². The van der Waals surface area contributed by atoms with E-state index in [2.05, 4.69) is 5.32 Å². The second kappa shape index (κ2) is 6.43. The summed E-state index contributed by atoms with van der Waals surface area (Å²) in [4.78, 5) is 0. The molecule has 2 aromatic rings. The number of phenolic OH excluding ortho intramolecular Hbond substituents is 1. The molecule has 0 radical (unpaired) electrons. The molecule has 21 heavy (non-hydrogen) atoms. The Labute approximate surface area is 122 Å². The van der Waals surface area contributed by atoms with Crippen LogP contribution in [0, 0.1) is 11.6 Å². The smallest absolute Gasteiger partial charge is 0.145 e. The van der Waals surface area contributed by atoms with Gasteiger partial charge in [-0.2, -0.15) is 0 Å². The quantitative estimate of drug-likeness (QED) is 0.866. The van der Waals surface area contributed by atoms with Gasteiger partial charge >= 0.3 is 0 Å². The van der Waals surface area contributed by atoms with Gasteiger partial charge in [0.25, 0.3) is 0 Å². The zero-order valence-corrected chi connectivity index (χ0v) is 11.9. The van der Waals surface area contributed by atoms with Crippen molar-refractivity contribution in [3.05, 3.63) is 53.6 Å². The number of phenols is 1. The summed E-state index contributed by atoms with van der Waals surface area (Å²) in [5.74, 6) is -0.456. The minimum Gasteiger partial charge on any atom is -0.508 e. The van der Waals surface area contributed by atoms with E-state index in [0.717, 1.165) is 0 Å². The largest absolute Gasteiger partial charge is 0.508 e. The minimum absolute atomic E-state index is 0.00327. The fourth-order valence-corrected chi connectivity index (χ4v) is 2.07. The van der Waals surface area contributed by atoms with Crippen LogP contribution in [0.2, 0.25) is 0 Å². The van der Waals surface area contributed by atoms with E-state index >= 15 is 0 Å². The van der Waals surface area contributed by atoms with Crippen molar-refractivity contribution in [2.75, 3.05) is 11.9 Å². The molecule has 112 valence electrons. The first-order valence-corrected chi connectivity index (χ1v) is 6.68. The maximum atomic E-state index is 13.3. The maximum absolute atomic E-state index is 13.3. The van der Waals surface area contributed by atoms with Crippen LogP contribution in [0.3, 0.4) is 0 Å². The zero-order valence-electron chi connectivity index (χ0n) is 11.9. The van der Waals surface area contributed by atoms with Crippen LogP contribution in [0.5, 0.6) is 11.5 Å². The van der Waals surface area contributed by atoms with E-state index in [1.165, 1.54) is 30.3 Å². The van der Waals surface area contributed by atoms with E-state index < -0.39 is 11.6 Å². The summed E-state index contributed by atoms with van der Waals surface area (Å²) in [6.45, 7) is 3.97. The van der Waals surface area contributed by atoms with Gasteiger partial charge in [0.2, 0.25) is 0 Å². The third kappa shape index (κ3) is 3.62. The van der Waals surface area contributed by atoms with Crippen LogP contribution in [0.15, 0.2) is 36.4 Å². The number of hydrogen-bond acceptors (Lipinski definition) is 3. The van der Waals surface area contributed by atoms with Gasteiger partial charge in [-0.05, 0) is 44.2 Å². The van der Waals surface area contributed by atoms with Gasteiger partial charge < -0.3 is 15.2 Å². The van der Waals surface area contributed by atoms with Crippen LogP contribution in [0.4, 0.5) is 14.5 Å². The number of hydrogen-bond donors (Lipinski definition) is 2. The Morgan fingerprint density at radius 2 is 1.81 bits per heavy atom. The van der Waals surface area contributed by atoms with E-state index in [1.807, 2.05) is 0 Å². The minimum atomic E-state index is -0.430. The summed E-state index contributed by atoms with van der Waals surface area (Å²) < 4.78 is 31.9. The van der Waals surface area contributed by atoms with Gasteiger partial charge in [-0.15, -0.1) is 0 Å². The summed E-state index contributed by atoms with van der Waals surface area (Å²) in [6.07, 6.45) is 0. The predicted octanol–water partition coefficient (Wildman–Crippen LogP) is 4.24. The monoisotopic (exact) mass is 293 g/mol. The summed E-state index contributed by atoms with van der Waals surface area (Å²) in [6, 6.07) is 7.52. The van der Waals surface area contributed by atoms with Crippen molar-refractivity contribution >= 4 is 5.69 Å². The molecular formula is C16H17F2NO2. The summed E-state index contributed by atoms with van der Waals surface area (Å²) >= 11 is 0. The van der Waals surface area contributed by atoms with E-state index in [-0.39, 0.29) is 11.8 Å². The SMILES string of the molecule is CCOc1cc(F)ccc1NC(C)c1cc(F)ccc1O. The van der Waals surface area contributed by atoms with E-state index in [4.69, 9.17) is 4.74 Å². The molecule has 0 saturated heterocycles. The Kier molecular flexibility index (Phi) is 4.62. The van der Waals surface area contributed by atoms with Crippen LogP contribution < -0.4 is 10.1 Å². The lowest BCUT2D eigenvalue weighted by Gasteiger charge is -2.19. The molecule has 0 heterocycles. The van der Waals surface area contributed by atoms with Gasteiger partial charge in [-0.3, -0.25) is 0 Å². The number of anilines is 1. The molecular weight excluding hydrogens is 276 g/mol. The van der Waals surface area contributed by atoms with Crippen molar-refractivity contribution in [2.24, 2.45) is 0 Å². The Balaban J connectivity index is 2.26. The second-order valence-corrected chi connectivity index (χ2v) is 4.64. The van der Waals surface area contributed by atoms with Crippen molar-refractivity contribution in [3.63, 3.8) is 0 Å². The lowest BCUT2D eigenvalue weighted by atomic mass is 10.1. The summed E-state index contributed by atoms with van der Waals surface area (Å²) in [5, 5.41) is 12.9. The number of nitrogens with one attached hydrogen (secondary N) is 1. The molecule has 0 spiro atoms. The van der Waals surface area contributed by atoms with E-state index in [1.54, 1.807) is 19.9 Å². The number of ether oxygens (including phenoxy) is 1. The lowest BCUT2D eigenvalue weighted by molar-refractivity contribution is 0.339. The average molecular weight is 293 g/mol. The Morgan fingerprint density at radius 1 is 1.14 bits per heavy atom. The molecule has 2 rings (SSSR count). The summed E-state index contributed by atoms with van der Waals surface area (Å²) in [5.41, 5.74) is 0.996. The number of halogens is 2. The normalized spacial score (nSPS) is 12.0. The Morgan fingerprint density at radius 3 is 2.52 bits per heavy atom. The first-order chi connectivity index (χ1) is 10.0. The molecule has 2 N–H and O–H groups in total. The summed E-state index contributed by atoms with van der Waals surface area (Å²) in [7, 11) is 0. The van der Waals surface area contributed by atoms with Crippen molar-refractivity contribution in [1.82, 2.24) is 0 Å². The molecule has 0 aliphatic carbocycles. The Hall–Kier alpha value is -2.30.